The topological polar surface area (TPSA) is 79.8 Å². The van der Waals surface area contributed by atoms with Crippen molar-refractivity contribution >= 4 is 15.6 Å². The van der Waals surface area contributed by atoms with Crippen molar-refractivity contribution in [1.82, 2.24) is 10.1 Å². The second-order valence-electron chi connectivity index (χ2n) is 7.25. The minimum absolute atomic E-state index is 0.474. The fourth-order valence-corrected chi connectivity index (χ4v) is 5.28. The molecule has 2 aromatic carbocycles. The van der Waals surface area contributed by atoms with Crippen molar-refractivity contribution in [3.05, 3.63) is 63.4 Å². The Kier molecular flexibility index (Phi) is 4.94. The summed E-state index contributed by atoms with van der Waals surface area (Å²) in [6.07, 6.45) is 6.31. The number of hydrogen-bond acceptors (Lipinski definition) is 5. The first-order valence-corrected chi connectivity index (χ1v) is 10.9. The highest BCUT2D eigenvalue weighted by Gasteiger charge is 2.24. The predicted octanol–water partition coefficient (Wildman–Crippen LogP) is 3.68. The predicted molar refractivity (Wildman–Crippen MR) is 108 cm³/mol. The number of fused-ring (bicyclic) bond motifs is 2. The van der Waals surface area contributed by atoms with Gasteiger partial charge in [0.2, 0.25) is 0 Å². The van der Waals surface area contributed by atoms with E-state index < -0.39 is 9.92 Å². The van der Waals surface area contributed by atoms with Crippen LogP contribution >= 0.6 is 0 Å². The van der Waals surface area contributed by atoms with Gasteiger partial charge in [-0.2, -0.15) is 4.83 Å². The lowest BCUT2D eigenvalue weighted by atomic mass is 9.99. The van der Waals surface area contributed by atoms with Gasteiger partial charge in [0.1, 0.15) is 0 Å². The van der Waals surface area contributed by atoms with E-state index in [4.69, 9.17) is 0 Å². The molecule has 2 N–H and O–H groups in total. The molecule has 0 heterocycles. The fourth-order valence-electron chi connectivity index (χ4n) is 4.11. The second-order valence-corrected chi connectivity index (χ2v) is 9.32. The molecule has 4 rings (SSSR count). The average molecular weight is 386 g/mol. The number of aryl methyl sites for hydroxylation is 3. The summed E-state index contributed by atoms with van der Waals surface area (Å²) in [5.74, 6) is 0. The van der Waals surface area contributed by atoms with Crippen LogP contribution in [0.5, 0.6) is 0 Å². The molecule has 27 heavy (non-hydrogen) atoms. The zero-order valence-electron chi connectivity index (χ0n) is 15.7. The van der Waals surface area contributed by atoms with Crippen LogP contribution in [0, 0.1) is 12.1 Å². The summed E-state index contributed by atoms with van der Waals surface area (Å²) in [6.45, 7) is 1.96. The molecule has 1 atom stereocenters. The van der Waals surface area contributed by atoms with Gasteiger partial charge in [0, 0.05) is 7.05 Å². The quantitative estimate of drug-likeness (QED) is 0.770. The zero-order valence-corrected chi connectivity index (χ0v) is 16.6. The van der Waals surface area contributed by atoms with Gasteiger partial charge < -0.3 is 10.6 Å². The molecule has 2 aromatic rings. The van der Waals surface area contributed by atoms with E-state index in [0.717, 1.165) is 49.8 Å². The molecule has 0 aromatic heterocycles. The van der Waals surface area contributed by atoms with Crippen molar-refractivity contribution in [2.45, 2.75) is 50.3 Å². The van der Waals surface area contributed by atoms with Gasteiger partial charge in [0.05, 0.1) is 10.6 Å². The van der Waals surface area contributed by atoms with Crippen molar-refractivity contribution in [3.8, 4) is 0 Å². The molecule has 0 radical (unpaired) electrons. The van der Waals surface area contributed by atoms with Crippen molar-refractivity contribution in [2.24, 2.45) is 4.36 Å². The molecule has 0 fully saturated rings. The van der Waals surface area contributed by atoms with Gasteiger partial charge in [0.25, 0.3) is 0 Å². The third-order valence-electron chi connectivity index (χ3n) is 5.49. The molecular weight excluding hydrogens is 360 g/mol. The number of nitrogens with one attached hydrogen (secondary N) is 2. The van der Waals surface area contributed by atoms with E-state index in [1.54, 1.807) is 12.1 Å². The van der Waals surface area contributed by atoms with Gasteiger partial charge in [-0.05, 0) is 79.8 Å². The summed E-state index contributed by atoms with van der Waals surface area (Å²) in [6, 6.07) is 9.52. The number of benzene rings is 2. The number of anilines is 1. The van der Waals surface area contributed by atoms with E-state index in [9.17, 15) is 9.42 Å². The van der Waals surface area contributed by atoms with E-state index in [1.165, 1.54) is 29.3 Å². The fraction of sp³-hybridized carbons (Fsp3) is 0.400. The maximum atomic E-state index is 13.2. The molecule has 2 aliphatic rings. The Morgan fingerprint density at radius 3 is 2.19 bits per heavy atom. The highest BCUT2D eigenvalue weighted by Crippen LogP contribution is 2.38. The average Bonchev–Trinajstić information content (AvgIpc) is 3.31. The summed E-state index contributed by atoms with van der Waals surface area (Å²) in [7, 11) is -1.58. The first-order valence-electron chi connectivity index (χ1n) is 9.40. The molecule has 7 heteroatoms. The van der Waals surface area contributed by atoms with Crippen molar-refractivity contribution < 1.29 is 4.21 Å². The first-order chi connectivity index (χ1) is 13.0. The van der Waals surface area contributed by atoms with Gasteiger partial charge in [-0.25, -0.2) is 13.9 Å². The van der Waals surface area contributed by atoms with E-state index >= 15 is 0 Å². The Balaban J connectivity index is 1.61. The van der Waals surface area contributed by atoms with Gasteiger partial charge >= 0.3 is 0 Å². The van der Waals surface area contributed by atoms with E-state index in [-0.39, 0.29) is 0 Å². The van der Waals surface area contributed by atoms with Gasteiger partial charge in [0.15, 0.2) is 9.92 Å². The Morgan fingerprint density at radius 1 is 1.04 bits per heavy atom. The first kappa shape index (κ1) is 18.4. The molecular formula is C20H25N4O2S-. The molecule has 0 saturated heterocycles. The lowest BCUT2D eigenvalue weighted by Crippen LogP contribution is -2.42. The second kappa shape index (κ2) is 7.24. The zero-order chi connectivity index (χ0) is 19.0. The molecule has 1 unspecified atom stereocenters. The van der Waals surface area contributed by atoms with Crippen LogP contribution in [-0.2, 0) is 35.6 Å². The number of hydrazine groups is 2. The van der Waals surface area contributed by atoms with Crippen LogP contribution in [0.3, 0.4) is 0 Å². The van der Waals surface area contributed by atoms with E-state index in [1.807, 2.05) is 19.1 Å². The van der Waals surface area contributed by atoms with Crippen LogP contribution in [0.15, 0.2) is 39.6 Å². The lowest BCUT2D eigenvalue weighted by molar-refractivity contribution is 0.413. The maximum Gasteiger partial charge on any atom is 0.150 e. The monoisotopic (exact) mass is 385 g/mol. The minimum Gasteiger partial charge on any atom is -0.753 e. The molecule has 144 valence electrons. The van der Waals surface area contributed by atoms with Crippen molar-refractivity contribution in [2.75, 3.05) is 12.5 Å². The van der Waals surface area contributed by atoms with E-state index in [0.29, 0.717) is 10.2 Å². The van der Waals surface area contributed by atoms with Crippen LogP contribution in [0.1, 0.15) is 40.7 Å². The standard InChI is InChI=1S/C20H25N4O2S/c1-14-9-11-17(12-10-14)27(26,21-2)23-24(25)22-20-18-7-3-5-15(18)13-16-6-4-8-19(16)20/h9-13,22H,3-8H2,1-2H3,(H,21,23,26)/q-1. The van der Waals surface area contributed by atoms with Crippen LogP contribution in [0.25, 0.3) is 0 Å². The highest BCUT2D eigenvalue weighted by atomic mass is 32.2. The van der Waals surface area contributed by atoms with E-state index in [2.05, 4.69) is 20.7 Å². The summed E-state index contributed by atoms with van der Waals surface area (Å²) >= 11 is 0. The SMILES string of the molecule is CN=S(=O)(NN([O-])Nc1c2c(cc3c1CCC3)CCC2)c1ccc(C)cc1. The number of hydrogen-bond donors (Lipinski definition) is 2. The molecule has 6 nitrogen and oxygen atoms in total. The van der Waals surface area contributed by atoms with Crippen LogP contribution in [0.2, 0.25) is 0 Å². The van der Waals surface area contributed by atoms with Crippen molar-refractivity contribution in [3.63, 3.8) is 0 Å². The van der Waals surface area contributed by atoms with Gasteiger partial charge in [-0.15, -0.1) is 0 Å². The molecule has 0 saturated carbocycles. The highest BCUT2D eigenvalue weighted by molar-refractivity contribution is 7.91. The number of nitrogens with zero attached hydrogens (tertiary/aromatic N) is 2. The Bertz CT molecular complexity index is 946. The van der Waals surface area contributed by atoms with Crippen LogP contribution in [-0.4, -0.2) is 16.5 Å². The maximum absolute atomic E-state index is 13.2. The molecule has 0 amide bonds. The smallest absolute Gasteiger partial charge is 0.150 e. The normalized spacial score (nSPS) is 17.5. The summed E-state index contributed by atoms with van der Waals surface area (Å²) in [5, 5.41) is 13.2. The third kappa shape index (κ3) is 3.48. The van der Waals surface area contributed by atoms with Crippen LogP contribution in [0.4, 0.5) is 5.69 Å². The summed E-state index contributed by atoms with van der Waals surface area (Å²) in [4.78, 5) is 3.03. The summed E-state index contributed by atoms with van der Waals surface area (Å²) < 4.78 is 17.2. The molecule has 0 bridgehead atoms. The number of rotatable bonds is 5. The Labute approximate surface area is 160 Å². The van der Waals surface area contributed by atoms with Gasteiger partial charge in [-0.3, -0.25) is 0 Å². The molecule has 0 aliphatic heterocycles. The van der Waals surface area contributed by atoms with Gasteiger partial charge in [-0.1, -0.05) is 23.8 Å². The minimum atomic E-state index is -3.04. The Morgan fingerprint density at radius 2 is 1.63 bits per heavy atom. The summed E-state index contributed by atoms with van der Waals surface area (Å²) in [5.41, 5.74) is 10.0. The largest absolute Gasteiger partial charge is 0.753 e. The molecule has 0 spiro atoms. The van der Waals surface area contributed by atoms with Crippen molar-refractivity contribution in [1.29, 1.82) is 0 Å². The molecule has 2 aliphatic carbocycles. The lowest BCUT2D eigenvalue weighted by Gasteiger charge is -2.33. The Hall–Kier alpha value is -1.93. The third-order valence-corrected chi connectivity index (χ3v) is 7.33. The van der Waals surface area contributed by atoms with Crippen LogP contribution < -0.4 is 10.3 Å².